The number of halogens is 1. The predicted molar refractivity (Wildman–Crippen MR) is 83.6 cm³/mol. The monoisotopic (exact) mass is 292 g/mol. The van der Waals surface area contributed by atoms with Crippen LogP contribution in [0.3, 0.4) is 0 Å². The summed E-state index contributed by atoms with van der Waals surface area (Å²) in [6.07, 6.45) is 2.09. The molecule has 1 heterocycles. The summed E-state index contributed by atoms with van der Waals surface area (Å²) in [7, 11) is 1.69. The molecule has 1 N–H and O–H groups in total. The van der Waals surface area contributed by atoms with E-state index < -0.39 is 0 Å². The zero-order valence-corrected chi connectivity index (χ0v) is 12.9. The van der Waals surface area contributed by atoms with Gasteiger partial charge in [0.25, 0.3) is 0 Å². The van der Waals surface area contributed by atoms with E-state index in [0.29, 0.717) is 6.04 Å². The maximum atomic E-state index is 6.09. The number of nitrogens with one attached hydrogen (secondary N) is 1. The first-order chi connectivity index (χ1) is 9.65. The van der Waals surface area contributed by atoms with E-state index >= 15 is 0 Å². The molecule has 0 fully saturated rings. The van der Waals surface area contributed by atoms with E-state index in [1.807, 2.05) is 18.2 Å². The van der Waals surface area contributed by atoms with Gasteiger partial charge in [0.1, 0.15) is 5.75 Å². The number of methoxy groups -OCH3 is 1. The molecule has 20 heavy (non-hydrogen) atoms. The molecule has 1 aromatic carbocycles. The third kappa shape index (κ3) is 3.35. The summed E-state index contributed by atoms with van der Waals surface area (Å²) in [5.74, 6) is 0.866. The first-order valence-electron chi connectivity index (χ1n) is 6.86. The summed E-state index contributed by atoms with van der Waals surface area (Å²) >= 11 is 6.09. The summed E-state index contributed by atoms with van der Waals surface area (Å²) in [6, 6.07) is 10.3. The fourth-order valence-electron chi connectivity index (χ4n) is 2.43. The Labute approximate surface area is 125 Å². The van der Waals surface area contributed by atoms with Gasteiger partial charge in [-0.2, -0.15) is 0 Å². The first-order valence-corrected chi connectivity index (χ1v) is 7.24. The minimum atomic E-state index is 0.320. The van der Waals surface area contributed by atoms with Crippen LogP contribution in [0.4, 0.5) is 0 Å². The Morgan fingerprint density at radius 1 is 1.35 bits per heavy atom. The fraction of sp³-hybridized carbons (Fsp3) is 0.375. The van der Waals surface area contributed by atoms with Gasteiger partial charge in [-0.3, -0.25) is 0 Å². The van der Waals surface area contributed by atoms with Gasteiger partial charge in [0.2, 0.25) is 0 Å². The molecule has 2 rings (SSSR count). The van der Waals surface area contributed by atoms with Crippen molar-refractivity contribution in [3.05, 3.63) is 52.8 Å². The molecule has 1 unspecified atom stereocenters. The van der Waals surface area contributed by atoms with Gasteiger partial charge in [0.15, 0.2) is 0 Å². The zero-order chi connectivity index (χ0) is 14.5. The van der Waals surface area contributed by atoms with E-state index in [2.05, 4.69) is 42.1 Å². The first kappa shape index (κ1) is 14.9. The largest absolute Gasteiger partial charge is 0.496 e. The molecule has 0 saturated heterocycles. The smallest absolute Gasteiger partial charge is 0.123 e. The standard InChI is InChI=1S/C16H21ClN2O/c1-4-18-12(2)15-6-5-9-19(15)11-13-10-14(17)7-8-16(13)20-3/h5-10,12,18H,4,11H2,1-3H3. The van der Waals surface area contributed by atoms with Crippen molar-refractivity contribution in [2.45, 2.75) is 26.4 Å². The van der Waals surface area contributed by atoms with E-state index in [9.17, 15) is 0 Å². The highest BCUT2D eigenvalue weighted by Gasteiger charge is 2.11. The summed E-state index contributed by atoms with van der Waals surface area (Å²) < 4.78 is 7.63. The van der Waals surface area contributed by atoms with Gasteiger partial charge >= 0.3 is 0 Å². The van der Waals surface area contributed by atoms with Crippen LogP contribution in [0.1, 0.15) is 31.1 Å². The molecule has 0 amide bonds. The third-order valence-corrected chi connectivity index (χ3v) is 3.64. The van der Waals surface area contributed by atoms with E-state index in [4.69, 9.17) is 16.3 Å². The molecular weight excluding hydrogens is 272 g/mol. The van der Waals surface area contributed by atoms with Crippen molar-refractivity contribution in [2.75, 3.05) is 13.7 Å². The van der Waals surface area contributed by atoms with Crippen molar-refractivity contribution in [3.63, 3.8) is 0 Å². The lowest BCUT2D eigenvalue weighted by Gasteiger charge is -2.17. The van der Waals surface area contributed by atoms with Gasteiger partial charge in [-0.25, -0.2) is 0 Å². The maximum absolute atomic E-state index is 6.09. The molecule has 0 saturated carbocycles. The van der Waals surface area contributed by atoms with Crippen LogP contribution < -0.4 is 10.1 Å². The number of hydrogen-bond acceptors (Lipinski definition) is 2. The van der Waals surface area contributed by atoms with Gasteiger partial charge in [-0.1, -0.05) is 18.5 Å². The molecule has 0 aliphatic heterocycles. The lowest BCUT2D eigenvalue weighted by molar-refractivity contribution is 0.407. The molecule has 2 aromatic rings. The minimum absolute atomic E-state index is 0.320. The van der Waals surface area contributed by atoms with Gasteiger partial charge in [0.05, 0.1) is 13.7 Å². The van der Waals surface area contributed by atoms with Crippen molar-refractivity contribution in [1.29, 1.82) is 0 Å². The van der Waals surface area contributed by atoms with Crippen molar-refractivity contribution < 1.29 is 4.74 Å². The van der Waals surface area contributed by atoms with E-state index in [1.165, 1.54) is 5.69 Å². The Bertz CT molecular complexity index is 565. The van der Waals surface area contributed by atoms with Crippen LogP contribution in [0.2, 0.25) is 5.02 Å². The van der Waals surface area contributed by atoms with Crippen LogP contribution in [0.15, 0.2) is 36.5 Å². The maximum Gasteiger partial charge on any atom is 0.123 e. The zero-order valence-electron chi connectivity index (χ0n) is 12.2. The molecule has 0 aliphatic rings. The minimum Gasteiger partial charge on any atom is -0.496 e. The van der Waals surface area contributed by atoms with Gasteiger partial charge in [-0.15, -0.1) is 0 Å². The van der Waals surface area contributed by atoms with Gasteiger partial charge < -0.3 is 14.6 Å². The van der Waals surface area contributed by atoms with E-state index in [1.54, 1.807) is 7.11 Å². The van der Waals surface area contributed by atoms with Crippen LogP contribution in [-0.2, 0) is 6.54 Å². The average Bonchev–Trinajstić information content (AvgIpc) is 2.87. The number of nitrogens with zero attached hydrogens (tertiary/aromatic N) is 1. The second-order valence-corrected chi connectivity index (χ2v) is 5.23. The number of rotatable bonds is 6. The third-order valence-electron chi connectivity index (χ3n) is 3.40. The van der Waals surface area contributed by atoms with Gasteiger partial charge in [-0.05, 0) is 43.8 Å². The normalized spacial score (nSPS) is 12.4. The van der Waals surface area contributed by atoms with Crippen LogP contribution in [0.25, 0.3) is 0 Å². The molecule has 0 bridgehead atoms. The van der Waals surface area contributed by atoms with Crippen LogP contribution in [0, 0.1) is 0 Å². The van der Waals surface area contributed by atoms with Gasteiger partial charge in [0, 0.05) is 28.5 Å². The summed E-state index contributed by atoms with van der Waals surface area (Å²) in [5.41, 5.74) is 2.34. The summed E-state index contributed by atoms with van der Waals surface area (Å²) in [6.45, 7) is 5.99. The fourth-order valence-corrected chi connectivity index (χ4v) is 2.62. The van der Waals surface area contributed by atoms with Crippen LogP contribution in [-0.4, -0.2) is 18.2 Å². The van der Waals surface area contributed by atoms with E-state index in [0.717, 1.165) is 29.4 Å². The number of aromatic nitrogens is 1. The molecule has 4 heteroatoms. The van der Waals surface area contributed by atoms with Crippen LogP contribution >= 0.6 is 11.6 Å². The molecule has 0 spiro atoms. The molecular formula is C16H21ClN2O. The molecule has 3 nitrogen and oxygen atoms in total. The van der Waals surface area contributed by atoms with Crippen molar-refractivity contribution in [2.24, 2.45) is 0 Å². The highest BCUT2D eigenvalue weighted by molar-refractivity contribution is 6.30. The molecule has 0 radical (unpaired) electrons. The Balaban J connectivity index is 2.26. The Kier molecular flexibility index (Phi) is 5.10. The van der Waals surface area contributed by atoms with Crippen molar-refractivity contribution >= 4 is 11.6 Å². The predicted octanol–water partition coefficient (Wildman–Crippen LogP) is 3.87. The second-order valence-electron chi connectivity index (χ2n) is 4.80. The molecule has 108 valence electrons. The number of benzene rings is 1. The highest BCUT2D eigenvalue weighted by Crippen LogP contribution is 2.25. The van der Waals surface area contributed by atoms with E-state index in [-0.39, 0.29) is 0 Å². The topological polar surface area (TPSA) is 26.2 Å². The highest BCUT2D eigenvalue weighted by atomic mass is 35.5. The quantitative estimate of drug-likeness (QED) is 0.875. The van der Waals surface area contributed by atoms with Crippen LogP contribution in [0.5, 0.6) is 5.75 Å². The van der Waals surface area contributed by atoms with Crippen molar-refractivity contribution in [3.8, 4) is 5.75 Å². The Hall–Kier alpha value is -1.45. The summed E-state index contributed by atoms with van der Waals surface area (Å²) in [5, 5.41) is 4.17. The number of hydrogen-bond donors (Lipinski definition) is 1. The second kappa shape index (κ2) is 6.82. The SMILES string of the molecule is CCNC(C)c1cccn1Cc1cc(Cl)ccc1OC. The average molecular weight is 293 g/mol. The molecule has 1 atom stereocenters. The Morgan fingerprint density at radius 2 is 2.15 bits per heavy atom. The number of ether oxygens (including phenoxy) is 1. The molecule has 0 aliphatic carbocycles. The lowest BCUT2D eigenvalue weighted by Crippen LogP contribution is -2.20. The lowest BCUT2D eigenvalue weighted by atomic mass is 10.2. The summed E-state index contributed by atoms with van der Waals surface area (Å²) in [4.78, 5) is 0. The molecule has 1 aromatic heterocycles. The Morgan fingerprint density at radius 3 is 2.85 bits per heavy atom. The van der Waals surface area contributed by atoms with Crippen molar-refractivity contribution in [1.82, 2.24) is 9.88 Å².